The molecule has 7 heteroatoms. The number of likely N-dealkylation sites (tertiary alicyclic amines) is 1. The summed E-state index contributed by atoms with van der Waals surface area (Å²) in [5.41, 5.74) is 0.444. The first-order chi connectivity index (χ1) is 13.7. The molecule has 3 aliphatic rings. The summed E-state index contributed by atoms with van der Waals surface area (Å²) in [5, 5.41) is 4.10. The van der Waals surface area contributed by atoms with Crippen LogP contribution < -0.4 is 5.32 Å². The lowest BCUT2D eigenvalue weighted by molar-refractivity contribution is 0.0729. The second-order valence-corrected chi connectivity index (χ2v) is 9.48. The number of nitrogens with one attached hydrogen (secondary N) is 1. The molecule has 1 unspecified atom stereocenters. The molecule has 0 radical (unpaired) electrons. The average molecular weight is 399 g/mol. The summed E-state index contributed by atoms with van der Waals surface area (Å²) in [6, 6.07) is 3.96. The van der Waals surface area contributed by atoms with Crippen molar-refractivity contribution < 1.29 is 9.59 Å². The summed E-state index contributed by atoms with van der Waals surface area (Å²) in [6.45, 7) is 4.97. The minimum absolute atomic E-state index is 0.105. The average Bonchev–Trinajstić information content (AvgIpc) is 3.30. The van der Waals surface area contributed by atoms with Crippen molar-refractivity contribution >= 4 is 33.2 Å². The maximum absolute atomic E-state index is 12.8. The van der Waals surface area contributed by atoms with Crippen LogP contribution >= 0.6 is 11.3 Å². The fourth-order valence-electron chi connectivity index (χ4n) is 4.84. The zero-order valence-electron chi connectivity index (χ0n) is 16.0. The van der Waals surface area contributed by atoms with E-state index in [2.05, 4.69) is 15.2 Å². The van der Waals surface area contributed by atoms with E-state index < -0.39 is 0 Å². The first kappa shape index (κ1) is 18.1. The summed E-state index contributed by atoms with van der Waals surface area (Å²) in [7, 11) is 0. The Morgan fingerprint density at radius 2 is 1.96 bits per heavy atom. The van der Waals surface area contributed by atoms with E-state index in [1.165, 1.54) is 30.7 Å². The highest BCUT2D eigenvalue weighted by Gasteiger charge is 2.33. The molecule has 2 aromatic heterocycles. The van der Waals surface area contributed by atoms with Crippen LogP contribution in [0, 0.1) is 5.92 Å². The zero-order chi connectivity index (χ0) is 19.1. The predicted octanol–water partition coefficient (Wildman–Crippen LogP) is 2.75. The molecular formula is C21H26N4O2S. The number of thiophene rings is 1. The van der Waals surface area contributed by atoms with Gasteiger partial charge in [0.15, 0.2) is 0 Å². The van der Waals surface area contributed by atoms with Crippen LogP contribution in [0.15, 0.2) is 18.3 Å². The highest BCUT2D eigenvalue weighted by Crippen LogP contribution is 2.29. The zero-order valence-corrected chi connectivity index (χ0v) is 16.8. The second kappa shape index (κ2) is 7.44. The molecule has 148 valence electrons. The number of hydrogen-bond donors (Lipinski definition) is 1. The molecule has 3 fully saturated rings. The molecule has 0 aromatic carbocycles. The minimum atomic E-state index is -0.105. The van der Waals surface area contributed by atoms with Gasteiger partial charge in [0.05, 0.1) is 4.88 Å². The standard InChI is InChI=1S/C21H26N4O2S/c26-20(23-16-8-14-4-7-24(12-14)13-16)17-10-18-15(11-22-17)9-19(28-18)21(27)25-5-2-1-3-6-25/h9-11,14,16H,1-8,12-13H2,(H,23,26)/t14-,16+/m0/s1. The van der Waals surface area contributed by atoms with Crippen LogP contribution in [-0.2, 0) is 0 Å². The largest absolute Gasteiger partial charge is 0.347 e. The van der Waals surface area contributed by atoms with Crippen molar-refractivity contribution in [1.29, 1.82) is 0 Å². The second-order valence-electron chi connectivity index (χ2n) is 8.39. The topological polar surface area (TPSA) is 65.5 Å². The van der Waals surface area contributed by atoms with Gasteiger partial charge in [-0.05, 0) is 56.7 Å². The van der Waals surface area contributed by atoms with Gasteiger partial charge in [0.1, 0.15) is 5.69 Å². The first-order valence-electron chi connectivity index (χ1n) is 10.4. The molecule has 5 rings (SSSR count). The van der Waals surface area contributed by atoms with Crippen LogP contribution in [-0.4, -0.2) is 65.4 Å². The first-order valence-corrected chi connectivity index (χ1v) is 11.2. The fraction of sp³-hybridized carbons (Fsp3) is 0.571. The number of amides is 2. The third kappa shape index (κ3) is 3.53. The van der Waals surface area contributed by atoms with Gasteiger partial charge in [-0.25, -0.2) is 0 Å². The molecule has 3 atom stereocenters. The quantitative estimate of drug-likeness (QED) is 0.863. The predicted molar refractivity (Wildman–Crippen MR) is 110 cm³/mol. The maximum Gasteiger partial charge on any atom is 0.270 e. The Labute approximate surface area is 168 Å². The molecule has 2 bridgehead atoms. The van der Waals surface area contributed by atoms with Gasteiger partial charge < -0.3 is 15.1 Å². The summed E-state index contributed by atoms with van der Waals surface area (Å²) >= 11 is 1.47. The molecule has 3 saturated heterocycles. The number of piperidine rings is 2. The Kier molecular flexibility index (Phi) is 4.80. The van der Waals surface area contributed by atoms with Gasteiger partial charge in [-0.15, -0.1) is 11.3 Å². The van der Waals surface area contributed by atoms with E-state index in [1.807, 2.05) is 17.0 Å². The summed E-state index contributed by atoms with van der Waals surface area (Å²) in [5.74, 6) is 0.723. The fourth-order valence-corrected chi connectivity index (χ4v) is 5.88. The van der Waals surface area contributed by atoms with Crippen molar-refractivity contribution in [3.05, 3.63) is 28.9 Å². The Balaban J connectivity index is 1.30. The van der Waals surface area contributed by atoms with Gasteiger partial charge in [0.2, 0.25) is 0 Å². The van der Waals surface area contributed by atoms with Gasteiger partial charge in [0, 0.05) is 48.5 Å². The third-order valence-corrected chi connectivity index (χ3v) is 7.38. The molecule has 0 aliphatic carbocycles. The van der Waals surface area contributed by atoms with E-state index in [4.69, 9.17) is 0 Å². The van der Waals surface area contributed by atoms with Crippen LogP contribution in [0.4, 0.5) is 0 Å². The minimum Gasteiger partial charge on any atom is -0.347 e. The molecule has 2 amide bonds. The Bertz CT molecular complexity index is 893. The number of rotatable bonds is 3. The number of carbonyl (C=O) groups is 2. The number of fused-ring (bicyclic) bond motifs is 3. The number of carbonyl (C=O) groups excluding carboxylic acids is 2. The molecule has 6 nitrogen and oxygen atoms in total. The van der Waals surface area contributed by atoms with Gasteiger partial charge in [-0.3, -0.25) is 14.6 Å². The normalized spacial score (nSPS) is 27.1. The van der Waals surface area contributed by atoms with Crippen molar-refractivity contribution in [2.24, 2.45) is 5.92 Å². The highest BCUT2D eigenvalue weighted by molar-refractivity contribution is 7.20. The monoisotopic (exact) mass is 398 g/mol. The lowest BCUT2D eigenvalue weighted by atomic mass is 9.97. The van der Waals surface area contributed by atoms with Crippen LogP contribution in [0.2, 0.25) is 0 Å². The van der Waals surface area contributed by atoms with E-state index in [0.29, 0.717) is 5.69 Å². The molecular weight excluding hydrogens is 372 g/mol. The number of nitrogens with zero attached hydrogens (tertiary/aromatic N) is 3. The van der Waals surface area contributed by atoms with Crippen molar-refractivity contribution in [3.8, 4) is 0 Å². The van der Waals surface area contributed by atoms with E-state index in [0.717, 1.165) is 66.3 Å². The van der Waals surface area contributed by atoms with Crippen molar-refractivity contribution in [2.45, 2.75) is 38.1 Å². The molecule has 3 aliphatic heterocycles. The summed E-state index contributed by atoms with van der Waals surface area (Å²) < 4.78 is 0.952. The maximum atomic E-state index is 12.8. The van der Waals surface area contributed by atoms with Gasteiger partial charge in [0.25, 0.3) is 11.8 Å². The van der Waals surface area contributed by atoms with Crippen molar-refractivity contribution in [3.63, 3.8) is 0 Å². The Morgan fingerprint density at radius 1 is 1.11 bits per heavy atom. The summed E-state index contributed by atoms with van der Waals surface area (Å²) in [4.78, 5) is 35.0. The van der Waals surface area contributed by atoms with Crippen LogP contribution in [0.25, 0.3) is 10.1 Å². The van der Waals surface area contributed by atoms with Crippen molar-refractivity contribution in [2.75, 3.05) is 32.7 Å². The molecule has 5 heterocycles. The lowest BCUT2D eigenvalue weighted by Gasteiger charge is -2.30. The van der Waals surface area contributed by atoms with Gasteiger partial charge >= 0.3 is 0 Å². The number of hydrogen-bond acceptors (Lipinski definition) is 5. The Morgan fingerprint density at radius 3 is 2.79 bits per heavy atom. The smallest absolute Gasteiger partial charge is 0.270 e. The third-order valence-electron chi connectivity index (χ3n) is 6.29. The van der Waals surface area contributed by atoms with E-state index >= 15 is 0 Å². The van der Waals surface area contributed by atoms with E-state index in [1.54, 1.807) is 6.20 Å². The Hall–Kier alpha value is -1.99. The summed E-state index contributed by atoms with van der Waals surface area (Å²) in [6.07, 6.45) is 7.42. The van der Waals surface area contributed by atoms with Crippen LogP contribution in [0.1, 0.15) is 52.3 Å². The SMILES string of the molecule is O=C(N[C@@H]1C[C@@H]2CCN(C2)C1)c1cc2sc(C(=O)N3CCCCC3)cc2cn1. The molecule has 28 heavy (non-hydrogen) atoms. The molecule has 0 spiro atoms. The van der Waals surface area contributed by atoms with E-state index in [-0.39, 0.29) is 17.9 Å². The highest BCUT2D eigenvalue weighted by atomic mass is 32.1. The number of pyridine rings is 1. The molecule has 2 aromatic rings. The molecule has 0 saturated carbocycles. The van der Waals surface area contributed by atoms with E-state index in [9.17, 15) is 9.59 Å². The molecule has 1 N–H and O–H groups in total. The van der Waals surface area contributed by atoms with Gasteiger partial charge in [-0.2, -0.15) is 0 Å². The number of aromatic nitrogens is 1. The van der Waals surface area contributed by atoms with Crippen LogP contribution in [0.3, 0.4) is 0 Å². The van der Waals surface area contributed by atoms with Gasteiger partial charge in [-0.1, -0.05) is 0 Å². The van der Waals surface area contributed by atoms with Crippen molar-refractivity contribution in [1.82, 2.24) is 20.1 Å². The van der Waals surface area contributed by atoms with Crippen LogP contribution in [0.5, 0.6) is 0 Å². The lowest BCUT2D eigenvalue weighted by Crippen LogP contribution is -2.47.